The summed E-state index contributed by atoms with van der Waals surface area (Å²) in [7, 11) is 0. The summed E-state index contributed by atoms with van der Waals surface area (Å²) >= 11 is 0. The number of nitrogens with one attached hydrogen (secondary N) is 1. The minimum atomic E-state index is -0.893. The molecule has 0 unspecified atom stereocenters. The van der Waals surface area contributed by atoms with Gasteiger partial charge in [-0.05, 0) is 24.3 Å². The van der Waals surface area contributed by atoms with Crippen molar-refractivity contribution in [1.29, 1.82) is 0 Å². The number of hydrogen-bond donors (Lipinski definition) is 1. The summed E-state index contributed by atoms with van der Waals surface area (Å²) in [5, 5.41) is -0.234. The van der Waals surface area contributed by atoms with Crippen molar-refractivity contribution in [3.8, 4) is 11.3 Å². The van der Waals surface area contributed by atoms with Gasteiger partial charge in [-0.1, -0.05) is 12.1 Å². The number of H-pyrrole nitrogens is 1. The summed E-state index contributed by atoms with van der Waals surface area (Å²) in [6, 6.07) is 8.79. The Labute approximate surface area is 106 Å². The van der Waals surface area contributed by atoms with Gasteiger partial charge in [0.2, 0.25) is 0 Å². The van der Waals surface area contributed by atoms with Gasteiger partial charge in [0, 0.05) is 6.20 Å². The van der Waals surface area contributed by atoms with Crippen molar-refractivity contribution in [2.45, 2.75) is 0 Å². The number of benzene rings is 1. The molecular weight excluding hydrogens is 250 g/mol. The Kier molecular flexibility index (Phi) is 2.59. The lowest BCUT2D eigenvalue weighted by atomic mass is 10.1. The molecule has 0 spiro atoms. The smallest absolute Gasteiger partial charge is 0.260 e. The Morgan fingerprint density at radius 3 is 2.63 bits per heavy atom. The Hall–Kier alpha value is -2.56. The minimum absolute atomic E-state index is 0.127. The molecule has 0 aliphatic heterocycles. The molecule has 2 heterocycles. The molecular formula is C14H8F2N2O. The third-order valence-corrected chi connectivity index (χ3v) is 2.85. The lowest BCUT2D eigenvalue weighted by molar-refractivity contribution is 0.607. The van der Waals surface area contributed by atoms with Crippen LogP contribution in [0.4, 0.5) is 8.78 Å². The van der Waals surface area contributed by atoms with Crippen molar-refractivity contribution in [1.82, 2.24) is 9.97 Å². The molecule has 0 saturated heterocycles. The molecule has 3 aromatic rings. The van der Waals surface area contributed by atoms with E-state index in [0.29, 0.717) is 0 Å². The van der Waals surface area contributed by atoms with E-state index in [4.69, 9.17) is 0 Å². The van der Waals surface area contributed by atoms with Crippen LogP contribution in [0.3, 0.4) is 0 Å². The Morgan fingerprint density at radius 1 is 1.05 bits per heavy atom. The summed E-state index contributed by atoms with van der Waals surface area (Å²) in [5.74, 6) is -1.61. The monoisotopic (exact) mass is 258 g/mol. The molecule has 0 atom stereocenters. The van der Waals surface area contributed by atoms with E-state index in [0.717, 1.165) is 6.07 Å². The van der Waals surface area contributed by atoms with Crippen LogP contribution in [0.5, 0.6) is 0 Å². The summed E-state index contributed by atoms with van der Waals surface area (Å²) in [6.45, 7) is 0. The maximum Gasteiger partial charge on any atom is 0.260 e. The fourth-order valence-electron chi connectivity index (χ4n) is 2.00. The van der Waals surface area contributed by atoms with Crippen molar-refractivity contribution in [2.75, 3.05) is 0 Å². The minimum Gasteiger partial charge on any atom is -0.321 e. The van der Waals surface area contributed by atoms with Crippen LogP contribution in [-0.2, 0) is 0 Å². The van der Waals surface area contributed by atoms with Gasteiger partial charge in [-0.25, -0.2) is 8.78 Å². The fraction of sp³-hybridized carbons (Fsp3) is 0. The van der Waals surface area contributed by atoms with Gasteiger partial charge in [0.15, 0.2) is 0 Å². The molecule has 0 aliphatic rings. The number of halogens is 2. The summed E-state index contributed by atoms with van der Waals surface area (Å²) < 4.78 is 28.1. The first-order valence-electron chi connectivity index (χ1n) is 5.60. The first-order chi connectivity index (χ1) is 9.18. The highest BCUT2D eigenvalue weighted by Crippen LogP contribution is 2.24. The largest absolute Gasteiger partial charge is 0.321 e. The van der Waals surface area contributed by atoms with Gasteiger partial charge in [-0.3, -0.25) is 9.78 Å². The highest BCUT2D eigenvalue weighted by atomic mass is 19.1. The number of pyridine rings is 2. The second-order valence-corrected chi connectivity index (χ2v) is 4.02. The van der Waals surface area contributed by atoms with Crippen molar-refractivity contribution >= 4 is 10.9 Å². The molecule has 0 bridgehead atoms. The zero-order chi connectivity index (χ0) is 13.4. The molecule has 2 aromatic heterocycles. The lowest BCUT2D eigenvalue weighted by Crippen LogP contribution is -2.13. The zero-order valence-corrected chi connectivity index (χ0v) is 9.65. The average molecular weight is 258 g/mol. The summed E-state index contributed by atoms with van der Waals surface area (Å²) in [6.07, 6.45) is 1.44. The summed E-state index contributed by atoms with van der Waals surface area (Å²) in [5.41, 5.74) is -0.582. The molecule has 1 aromatic carbocycles. The first kappa shape index (κ1) is 11.5. The third kappa shape index (κ3) is 1.79. The number of rotatable bonds is 1. The number of fused-ring (bicyclic) bond motifs is 1. The maximum atomic E-state index is 14.4. The van der Waals surface area contributed by atoms with Crippen LogP contribution < -0.4 is 5.56 Å². The number of aromatic amines is 1. The van der Waals surface area contributed by atoms with Gasteiger partial charge in [-0.15, -0.1) is 0 Å². The molecule has 0 saturated carbocycles. The average Bonchev–Trinajstić information content (AvgIpc) is 2.39. The standard InChI is InChI=1S/C14H8F2N2O/c15-8-4-3-6-10-11(8)13(16)12(14(19)18-10)9-5-1-2-7-17-9/h1-7H,(H,18,19). The molecule has 94 valence electrons. The Morgan fingerprint density at radius 2 is 1.89 bits per heavy atom. The van der Waals surface area contributed by atoms with Crippen LogP contribution in [0.15, 0.2) is 47.4 Å². The predicted molar refractivity (Wildman–Crippen MR) is 67.7 cm³/mol. The van der Waals surface area contributed by atoms with Gasteiger partial charge in [0.25, 0.3) is 5.56 Å². The van der Waals surface area contributed by atoms with E-state index in [2.05, 4.69) is 9.97 Å². The van der Waals surface area contributed by atoms with Gasteiger partial charge >= 0.3 is 0 Å². The molecule has 0 fully saturated rings. The first-order valence-corrected chi connectivity index (χ1v) is 5.60. The van der Waals surface area contributed by atoms with Crippen molar-refractivity contribution in [2.24, 2.45) is 0 Å². The predicted octanol–water partition coefficient (Wildman–Crippen LogP) is 2.87. The van der Waals surface area contributed by atoms with Gasteiger partial charge in [0.1, 0.15) is 17.2 Å². The number of nitrogens with zero attached hydrogens (tertiary/aromatic N) is 1. The summed E-state index contributed by atoms with van der Waals surface area (Å²) in [4.78, 5) is 18.3. The van der Waals surface area contributed by atoms with E-state index in [1.54, 1.807) is 12.1 Å². The van der Waals surface area contributed by atoms with E-state index in [-0.39, 0.29) is 22.2 Å². The van der Waals surface area contributed by atoms with Crippen LogP contribution in [0, 0.1) is 11.6 Å². The van der Waals surface area contributed by atoms with Gasteiger partial charge < -0.3 is 4.98 Å². The van der Waals surface area contributed by atoms with Crippen LogP contribution >= 0.6 is 0 Å². The van der Waals surface area contributed by atoms with E-state index in [9.17, 15) is 13.6 Å². The van der Waals surface area contributed by atoms with Crippen molar-refractivity contribution in [3.63, 3.8) is 0 Å². The van der Waals surface area contributed by atoms with Crippen molar-refractivity contribution in [3.05, 3.63) is 64.6 Å². The van der Waals surface area contributed by atoms with E-state index in [1.165, 1.54) is 24.4 Å². The molecule has 19 heavy (non-hydrogen) atoms. The molecule has 0 amide bonds. The topological polar surface area (TPSA) is 45.8 Å². The van der Waals surface area contributed by atoms with E-state index < -0.39 is 17.2 Å². The maximum absolute atomic E-state index is 14.4. The second-order valence-electron chi connectivity index (χ2n) is 4.02. The molecule has 1 N–H and O–H groups in total. The molecule has 5 heteroatoms. The van der Waals surface area contributed by atoms with E-state index >= 15 is 0 Å². The van der Waals surface area contributed by atoms with Gasteiger partial charge in [0.05, 0.1) is 16.6 Å². The van der Waals surface area contributed by atoms with Crippen LogP contribution in [0.1, 0.15) is 0 Å². The highest BCUT2D eigenvalue weighted by Gasteiger charge is 2.17. The zero-order valence-electron chi connectivity index (χ0n) is 9.65. The van der Waals surface area contributed by atoms with Crippen molar-refractivity contribution < 1.29 is 8.78 Å². The Balaban J connectivity index is 2.45. The van der Waals surface area contributed by atoms with Crippen LogP contribution in [0.2, 0.25) is 0 Å². The third-order valence-electron chi connectivity index (χ3n) is 2.85. The number of hydrogen-bond acceptors (Lipinski definition) is 2. The lowest BCUT2D eigenvalue weighted by Gasteiger charge is -2.06. The van der Waals surface area contributed by atoms with Crippen LogP contribution in [-0.4, -0.2) is 9.97 Å². The van der Waals surface area contributed by atoms with E-state index in [1.807, 2.05) is 0 Å². The quantitative estimate of drug-likeness (QED) is 0.729. The molecule has 3 nitrogen and oxygen atoms in total. The molecule has 3 rings (SSSR count). The SMILES string of the molecule is O=c1[nH]c2cccc(F)c2c(F)c1-c1ccccn1. The highest BCUT2D eigenvalue weighted by molar-refractivity contribution is 5.84. The van der Waals surface area contributed by atoms with Gasteiger partial charge in [-0.2, -0.15) is 0 Å². The normalized spacial score (nSPS) is 10.8. The Bertz CT molecular complexity index is 813. The second kappa shape index (κ2) is 4.28. The fourth-order valence-corrected chi connectivity index (χ4v) is 2.00. The molecule has 0 radical (unpaired) electrons. The van der Waals surface area contributed by atoms with Crippen LogP contribution in [0.25, 0.3) is 22.2 Å². The molecule has 0 aliphatic carbocycles. The number of aromatic nitrogens is 2.